The molecule has 0 bridgehead atoms. The summed E-state index contributed by atoms with van der Waals surface area (Å²) in [5.74, 6) is 0.0847. The zero-order valence-corrected chi connectivity index (χ0v) is 13.0. The summed E-state index contributed by atoms with van der Waals surface area (Å²) in [6.07, 6.45) is 1.49. The molecule has 0 aliphatic carbocycles. The number of rotatable bonds is 4. The van der Waals surface area contributed by atoms with Gasteiger partial charge in [-0.05, 0) is 29.8 Å². The zero-order valence-electron chi connectivity index (χ0n) is 12.2. The summed E-state index contributed by atoms with van der Waals surface area (Å²) < 4.78 is 18.4. The molecule has 1 aliphatic rings. The molecule has 120 valence electrons. The molecule has 3 rings (SSSR count). The molecule has 0 atom stereocenters. The molecule has 1 aliphatic heterocycles. The van der Waals surface area contributed by atoms with Gasteiger partial charge in [0.1, 0.15) is 16.9 Å². The molecule has 0 saturated carbocycles. The van der Waals surface area contributed by atoms with E-state index in [1.165, 1.54) is 12.1 Å². The highest BCUT2D eigenvalue weighted by Crippen LogP contribution is 2.23. The van der Waals surface area contributed by atoms with Gasteiger partial charge in [0, 0.05) is 12.7 Å². The maximum Gasteiger partial charge on any atom is 0.317 e. The lowest BCUT2D eigenvalue weighted by Gasteiger charge is -2.38. The smallest absolute Gasteiger partial charge is 0.317 e. The van der Waals surface area contributed by atoms with Gasteiger partial charge < -0.3 is 15.0 Å². The number of nitrogens with zero attached hydrogens (tertiary/aromatic N) is 2. The molecule has 0 unspecified atom stereocenters. The Bertz CT molecular complexity index is 690. The highest BCUT2D eigenvalue weighted by atomic mass is 35.5. The average Bonchev–Trinajstić information content (AvgIpc) is 2.51. The second-order valence-corrected chi connectivity index (χ2v) is 5.63. The number of benzene rings is 1. The first-order chi connectivity index (χ1) is 11.1. The van der Waals surface area contributed by atoms with Gasteiger partial charge in [-0.2, -0.15) is 0 Å². The maximum atomic E-state index is 12.8. The lowest BCUT2D eigenvalue weighted by Crippen LogP contribution is -2.58. The van der Waals surface area contributed by atoms with Crippen LogP contribution in [0.4, 0.5) is 9.18 Å². The van der Waals surface area contributed by atoms with Crippen molar-refractivity contribution in [2.75, 3.05) is 13.1 Å². The highest BCUT2D eigenvalue weighted by Gasteiger charge is 2.32. The van der Waals surface area contributed by atoms with E-state index in [-0.39, 0.29) is 18.0 Å². The molecule has 0 radical (unpaired) electrons. The Morgan fingerprint density at radius 2 is 2.09 bits per heavy atom. The lowest BCUT2D eigenvalue weighted by molar-refractivity contribution is 0.0414. The number of hydrogen-bond donors (Lipinski definition) is 1. The third-order valence-corrected chi connectivity index (χ3v) is 3.78. The van der Waals surface area contributed by atoms with E-state index in [1.807, 2.05) is 0 Å². The quantitative estimate of drug-likeness (QED) is 0.934. The van der Waals surface area contributed by atoms with Crippen molar-refractivity contribution >= 4 is 17.6 Å². The number of aromatic nitrogens is 1. The van der Waals surface area contributed by atoms with Crippen molar-refractivity contribution in [2.45, 2.75) is 12.6 Å². The van der Waals surface area contributed by atoms with E-state index in [4.69, 9.17) is 16.3 Å². The van der Waals surface area contributed by atoms with E-state index in [9.17, 15) is 9.18 Å². The predicted octanol–water partition coefficient (Wildman–Crippen LogP) is 2.85. The van der Waals surface area contributed by atoms with Crippen molar-refractivity contribution in [3.05, 3.63) is 59.0 Å². The summed E-state index contributed by atoms with van der Waals surface area (Å²) >= 11 is 5.97. The number of ether oxygens (including phenoxy) is 1. The van der Waals surface area contributed by atoms with Crippen LogP contribution in [-0.2, 0) is 6.54 Å². The van der Waals surface area contributed by atoms with Crippen LogP contribution in [0.3, 0.4) is 0 Å². The SMILES string of the molecule is O=C(NCc1ccc(F)cc1)N1CC(Oc2ncccc2Cl)C1. The minimum atomic E-state index is -0.295. The van der Waals surface area contributed by atoms with Crippen LogP contribution in [0.25, 0.3) is 0 Å². The standard InChI is InChI=1S/C16H15ClFN3O2/c17-14-2-1-7-19-15(14)23-13-9-21(10-13)16(22)20-8-11-3-5-12(18)6-4-11/h1-7,13H,8-10H2,(H,20,22). The molecule has 2 aromatic rings. The summed E-state index contributed by atoms with van der Waals surface area (Å²) in [7, 11) is 0. The topological polar surface area (TPSA) is 54.5 Å². The van der Waals surface area contributed by atoms with E-state index in [0.29, 0.717) is 30.5 Å². The van der Waals surface area contributed by atoms with E-state index < -0.39 is 0 Å². The minimum Gasteiger partial charge on any atom is -0.470 e. The van der Waals surface area contributed by atoms with Crippen LogP contribution in [0.5, 0.6) is 5.88 Å². The van der Waals surface area contributed by atoms with E-state index in [2.05, 4.69) is 10.3 Å². The fourth-order valence-electron chi connectivity index (χ4n) is 2.19. The molecule has 1 fully saturated rings. The van der Waals surface area contributed by atoms with Crippen molar-refractivity contribution in [1.29, 1.82) is 0 Å². The van der Waals surface area contributed by atoms with Crippen molar-refractivity contribution < 1.29 is 13.9 Å². The molecule has 0 spiro atoms. The van der Waals surface area contributed by atoms with Crippen molar-refractivity contribution in [3.8, 4) is 5.88 Å². The first kappa shape index (κ1) is 15.6. The van der Waals surface area contributed by atoms with Crippen molar-refractivity contribution in [2.24, 2.45) is 0 Å². The van der Waals surface area contributed by atoms with E-state index in [0.717, 1.165) is 5.56 Å². The number of nitrogens with one attached hydrogen (secondary N) is 1. The van der Waals surface area contributed by atoms with Crippen molar-refractivity contribution in [3.63, 3.8) is 0 Å². The second kappa shape index (κ2) is 6.83. The highest BCUT2D eigenvalue weighted by molar-refractivity contribution is 6.31. The van der Waals surface area contributed by atoms with Gasteiger partial charge in [-0.15, -0.1) is 0 Å². The molecule has 2 heterocycles. The van der Waals surface area contributed by atoms with Gasteiger partial charge in [0.05, 0.1) is 13.1 Å². The molecular weight excluding hydrogens is 321 g/mol. The van der Waals surface area contributed by atoms with E-state index in [1.54, 1.807) is 35.4 Å². The molecule has 1 aromatic heterocycles. The average molecular weight is 336 g/mol. The Balaban J connectivity index is 1.43. The Kier molecular flexibility index (Phi) is 4.62. The van der Waals surface area contributed by atoms with Crippen LogP contribution in [0.15, 0.2) is 42.6 Å². The second-order valence-electron chi connectivity index (χ2n) is 5.22. The molecule has 1 aromatic carbocycles. The number of carbonyl (C=O) groups excluding carboxylic acids is 1. The number of pyridine rings is 1. The van der Waals surface area contributed by atoms with Gasteiger partial charge in [-0.3, -0.25) is 0 Å². The summed E-state index contributed by atoms with van der Waals surface area (Å²) in [5.41, 5.74) is 0.841. The molecule has 5 nitrogen and oxygen atoms in total. The Morgan fingerprint density at radius 3 is 2.78 bits per heavy atom. The van der Waals surface area contributed by atoms with Crippen LogP contribution in [-0.4, -0.2) is 35.1 Å². The predicted molar refractivity (Wildman–Crippen MR) is 83.9 cm³/mol. The summed E-state index contributed by atoms with van der Waals surface area (Å²) in [5, 5.41) is 3.23. The third-order valence-electron chi connectivity index (χ3n) is 3.50. The van der Waals surface area contributed by atoms with Crippen LogP contribution in [0, 0.1) is 5.82 Å². The fraction of sp³-hybridized carbons (Fsp3) is 0.250. The van der Waals surface area contributed by atoms with Gasteiger partial charge in [0.15, 0.2) is 0 Å². The van der Waals surface area contributed by atoms with E-state index >= 15 is 0 Å². The molecule has 23 heavy (non-hydrogen) atoms. The number of urea groups is 1. The lowest BCUT2D eigenvalue weighted by atomic mass is 10.2. The molecular formula is C16H15ClFN3O2. The Hall–Kier alpha value is -2.34. The van der Waals surface area contributed by atoms with Gasteiger partial charge in [-0.1, -0.05) is 23.7 Å². The number of carbonyl (C=O) groups is 1. The van der Waals surface area contributed by atoms with Crippen molar-refractivity contribution in [1.82, 2.24) is 15.2 Å². The Morgan fingerprint density at radius 1 is 1.35 bits per heavy atom. The number of halogens is 2. The fourth-order valence-corrected chi connectivity index (χ4v) is 2.35. The van der Waals surface area contributed by atoms with Crippen LogP contribution >= 0.6 is 11.6 Å². The number of hydrogen-bond acceptors (Lipinski definition) is 3. The maximum absolute atomic E-state index is 12.8. The first-order valence-corrected chi connectivity index (χ1v) is 7.54. The zero-order chi connectivity index (χ0) is 16.2. The van der Waals surface area contributed by atoms with Gasteiger partial charge in [-0.25, -0.2) is 14.2 Å². The normalized spacial score (nSPS) is 14.3. The molecule has 1 saturated heterocycles. The third kappa shape index (κ3) is 3.90. The minimum absolute atomic E-state index is 0.112. The van der Waals surface area contributed by atoms with Gasteiger partial charge in [0.25, 0.3) is 0 Å². The molecule has 1 N–H and O–H groups in total. The summed E-state index contributed by atoms with van der Waals surface area (Å²) in [6, 6.07) is 9.26. The van der Waals surface area contributed by atoms with Crippen LogP contribution in [0.1, 0.15) is 5.56 Å². The monoisotopic (exact) mass is 335 g/mol. The molecule has 2 amide bonds. The summed E-state index contributed by atoms with van der Waals surface area (Å²) in [4.78, 5) is 17.7. The Labute approximate surface area is 138 Å². The largest absolute Gasteiger partial charge is 0.470 e. The van der Waals surface area contributed by atoms with Crippen LogP contribution in [0.2, 0.25) is 5.02 Å². The van der Waals surface area contributed by atoms with Gasteiger partial charge >= 0.3 is 6.03 Å². The number of likely N-dealkylation sites (tertiary alicyclic amines) is 1. The number of amides is 2. The van der Waals surface area contributed by atoms with Gasteiger partial charge in [0.2, 0.25) is 5.88 Å². The molecule has 7 heteroatoms. The van der Waals surface area contributed by atoms with Crippen LogP contribution < -0.4 is 10.1 Å². The summed E-state index contributed by atoms with van der Waals surface area (Å²) in [6.45, 7) is 1.30. The first-order valence-electron chi connectivity index (χ1n) is 7.16.